The molecule has 1 aliphatic heterocycles. The second-order valence-corrected chi connectivity index (χ2v) is 6.14. The summed E-state index contributed by atoms with van der Waals surface area (Å²) in [5, 5.41) is 20.3. The molecule has 1 saturated heterocycles. The van der Waals surface area contributed by atoms with Crippen LogP contribution >= 0.6 is 0 Å². The molecule has 2 N–H and O–H groups in total. The molecule has 6 heteroatoms. The highest BCUT2D eigenvalue weighted by atomic mass is 16.4. The fourth-order valence-corrected chi connectivity index (χ4v) is 3.24. The molecule has 0 aliphatic carbocycles. The average molecular weight is 330 g/mol. The van der Waals surface area contributed by atoms with Gasteiger partial charge in [-0.1, -0.05) is 12.8 Å². The second kappa shape index (κ2) is 7.49. The van der Waals surface area contributed by atoms with Crippen molar-refractivity contribution in [2.75, 3.05) is 6.54 Å². The van der Waals surface area contributed by atoms with E-state index < -0.39 is 6.10 Å². The lowest BCUT2D eigenvalue weighted by Crippen LogP contribution is -2.41. The minimum atomic E-state index is -0.754. The Labute approximate surface area is 140 Å². The lowest BCUT2D eigenvalue weighted by atomic mass is 10.0. The van der Waals surface area contributed by atoms with E-state index in [4.69, 9.17) is 4.42 Å². The molecule has 2 aromatic heterocycles. The summed E-state index contributed by atoms with van der Waals surface area (Å²) >= 11 is 0. The topological polar surface area (TPSA) is 86.8 Å². The van der Waals surface area contributed by atoms with Crippen LogP contribution in [0.5, 0.6) is 5.75 Å². The molecule has 1 fully saturated rings. The molecule has 2 atom stereocenters. The number of hydrogen-bond donors (Lipinski definition) is 2. The van der Waals surface area contributed by atoms with Crippen molar-refractivity contribution >= 4 is 5.91 Å². The first-order valence-electron chi connectivity index (χ1n) is 8.33. The number of carbonyl (C=O) groups excluding carboxylic acids is 1. The van der Waals surface area contributed by atoms with E-state index >= 15 is 0 Å². The smallest absolute Gasteiger partial charge is 0.276 e. The number of aliphatic hydroxyl groups is 1. The number of hydrogen-bond acceptors (Lipinski definition) is 5. The summed E-state index contributed by atoms with van der Waals surface area (Å²) in [7, 11) is 0. The second-order valence-electron chi connectivity index (χ2n) is 6.14. The fourth-order valence-electron chi connectivity index (χ4n) is 3.24. The van der Waals surface area contributed by atoms with E-state index in [0.29, 0.717) is 18.7 Å². The number of pyridine rings is 1. The molecule has 3 rings (SSSR count). The molecule has 0 unspecified atom stereocenters. The van der Waals surface area contributed by atoms with Crippen molar-refractivity contribution in [3.05, 3.63) is 48.2 Å². The Kier molecular flexibility index (Phi) is 5.15. The van der Waals surface area contributed by atoms with Crippen LogP contribution in [0.25, 0.3) is 0 Å². The van der Waals surface area contributed by atoms with Crippen molar-refractivity contribution in [2.45, 2.75) is 44.2 Å². The van der Waals surface area contributed by atoms with Crippen LogP contribution in [0.2, 0.25) is 0 Å². The van der Waals surface area contributed by atoms with Gasteiger partial charge in [0.2, 0.25) is 0 Å². The lowest BCUT2D eigenvalue weighted by molar-refractivity contribution is 0.0549. The Balaban J connectivity index is 1.80. The Morgan fingerprint density at radius 2 is 2.21 bits per heavy atom. The molecule has 1 amide bonds. The van der Waals surface area contributed by atoms with Crippen molar-refractivity contribution < 1.29 is 19.4 Å². The van der Waals surface area contributed by atoms with E-state index in [-0.39, 0.29) is 23.4 Å². The van der Waals surface area contributed by atoms with Gasteiger partial charge < -0.3 is 19.5 Å². The Bertz CT molecular complexity index is 671. The zero-order valence-electron chi connectivity index (χ0n) is 13.5. The summed E-state index contributed by atoms with van der Waals surface area (Å²) in [5.41, 5.74) is 0.0666. The molecule has 2 aromatic rings. The summed E-state index contributed by atoms with van der Waals surface area (Å²) in [6.07, 6.45) is 6.46. The number of aromatic hydroxyl groups is 1. The number of nitrogens with zero attached hydrogens (tertiary/aromatic N) is 2. The zero-order chi connectivity index (χ0) is 16.9. The van der Waals surface area contributed by atoms with Crippen molar-refractivity contribution in [1.82, 2.24) is 9.88 Å². The predicted molar refractivity (Wildman–Crippen MR) is 87.5 cm³/mol. The van der Waals surface area contributed by atoms with Crippen LogP contribution in [0.15, 0.2) is 41.1 Å². The Hall–Kier alpha value is -2.34. The fraction of sp³-hybridized carbons (Fsp3) is 0.444. The van der Waals surface area contributed by atoms with Gasteiger partial charge in [0, 0.05) is 25.2 Å². The third-order valence-electron chi connectivity index (χ3n) is 4.49. The molecule has 0 spiro atoms. The molecule has 6 nitrogen and oxygen atoms in total. The number of furan rings is 1. The van der Waals surface area contributed by atoms with Crippen LogP contribution in [0.4, 0.5) is 0 Å². The summed E-state index contributed by atoms with van der Waals surface area (Å²) < 4.78 is 5.26. The predicted octanol–water partition coefficient (Wildman–Crippen LogP) is 2.89. The molecular formula is C18H22N2O4. The Morgan fingerprint density at radius 1 is 1.33 bits per heavy atom. The lowest BCUT2D eigenvalue weighted by Gasteiger charge is -2.31. The zero-order valence-corrected chi connectivity index (χ0v) is 13.5. The molecule has 0 aromatic carbocycles. The minimum absolute atomic E-state index is 0.0666. The van der Waals surface area contributed by atoms with E-state index in [0.717, 1.165) is 25.7 Å². The molecule has 24 heavy (non-hydrogen) atoms. The Morgan fingerprint density at radius 3 is 2.96 bits per heavy atom. The first kappa shape index (κ1) is 16.5. The molecule has 128 valence electrons. The summed E-state index contributed by atoms with van der Waals surface area (Å²) in [4.78, 5) is 18.6. The first-order valence-corrected chi connectivity index (χ1v) is 8.33. The van der Waals surface area contributed by atoms with Gasteiger partial charge in [-0.05, 0) is 37.1 Å². The maximum atomic E-state index is 12.9. The van der Waals surface area contributed by atoms with Crippen LogP contribution < -0.4 is 0 Å². The van der Waals surface area contributed by atoms with Gasteiger partial charge in [0.1, 0.15) is 17.6 Å². The molecule has 3 heterocycles. The van der Waals surface area contributed by atoms with Gasteiger partial charge in [-0.15, -0.1) is 0 Å². The summed E-state index contributed by atoms with van der Waals surface area (Å²) in [5.74, 6) is 0.107. The van der Waals surface area contributed by atoms with E-state index in [1.165, 1.54) is 18.5 Å². The number of rotatable bonds is 4. The van der Waals surface area contributed by atoms with Gasteiger partial charge in [0.05, 0.1) is 6.26 Å². The van der Waals surface area contributed by atoms with Crippen molar-refractivity contribution in [3.63, 3.8) is 0 Å². The van der Waals surface area contributed by atoms with Gasteiger partial charge in [-0.3, -0.25) is 4.79 Å². The number of aromatic nitrogens is 1. The SMILES string of the molecule is O=C(c1ncccc1O)N1CCCCC[C@H]1C[C@@H](O)c1ccco1. The van der Waals surface area contributed by atoms with Crippen LogP contribution in [-0.4, -0.2) is 38.6 Å². The normalized spacial score (nSPS) is 19.7. The van der Waals surface area contributed by atoms with E-state index in [1.807, 2.05) is 0 Å². The highest BCUT2D eigenvalue weighted by Gasteiger charge is 2.30. The third-order valence-corrected chi connectivity index (χ3v) is 4.49. The number of amides is 1. The van der Waals surface area contributed by atoms with Crippen LogP contribution in [-0.2, 0) is 0 Å². The molecular weight excluding hydrogens is 308 g/mol. The van der Waals surface area contributed by atoms with Gasteiger partial charge in [0.25, 0.3) is 5.91 Å². The van der Waals surface area contributed by atoms with E-state index in [9.17, 15) is 15.0 Å². The van der Waals surface area contributed by atoms with E-state index in [2.05, 4.69) is 4.98 Å². The first-order chi connectivity index (χ1) is 11.7. The maximum absolute atomic E-state index is 12.9. The minimum Gasteiger partial charge on any atom is -0.505 e. The number of likely N-dealkylation sites (tertiary alicyclic amines) is 1. The monoisotopic (exact) mass is 330 g/mol. The number of carbonyl (C=O) groups is 1. The van der Waals surface area contributed by atoms with E-state index in [1.54, 1.807) is 23.1 Å². The van der Waals surface area contributed by atoms with Gasteiger partial charge >= 0.3 is 0 Å². The highest BCUT2D eigenvalue weighted by molar-refractivity contribution is 5.95. The maximum Gasteiger partial charge on any atom is 0.276 e. The van der Waals surface area contributed by atoms with Gasteiger partial charge in [-0.2, -0.15) is 0 Å². The molecule has 0 saturated carbocycles. The van der Waals surface area contributed by atoms with Crippen LogP contribution in [0.1, 0.15) is 54.5 Å². The van der Waals surface area contributed by atoms with Crippen molar-refractivity contribution in [1.29, 1.82) is 0 Å². The molecule has 1 aliphatic rings. The summed E-state index contributed by atoms with van der Waals surface area (Å²) in [6, 6.07) is 6.41. The van der Waals surface area contributed by atoms with Crippen molar-refractivity contribution in [3.8, 4) is 5.75 Å². The average Bonchev–Trinajstić information content (AvgIpc) is 3.03. The quantitative estimate of drug-likeness (QED) is 0.900. The molecule has 0 radical (unpaired) electrons. The third kappa shape index (κ3) is 3.59. The molecule has 0 bridgehead atoms. The highest BCUT2D eigenvalue weighted by Crippen LogP contribution is 2.28. The van der Waals surface area contributed by atoms with Crippen molar-refractivity contribution in [2.24, 2.45) is 0 Å². The van der Waals surface area contributed by atoms with Gasteiger partial charge in [0.15, 0.2) is 5.69 Å². The summed E-state index contributed by atoms with van der Waals surface area (Å²) in [6.45, 7) is 0.602. The standard InChI is InChI=1S/C18H22N2O4/c21-14-7-4-9-19-17(14)18(23)20-10-3-1-2-6-13(20)12-15(22)16-8-5-11-24-16/h4-5,7-9,11,13,15,21-22H,1-3,6,10,12H2/t13-,15+/m0/s1. The van der Waals surface area contributed by atoms with Gasteiger partial charge in [-0.25, -0.2) is 4.98 Å². The largest absolute Gasteiger partial charge is 0.505 e. The van der Waals surface area contributed by atoms with Crippen LogP contribution in [0, 0.1) is 0 Å². The number of aliphatic hydroxyl groups excluding tert-OH is 1. The van der Waals surface area contributed by atoms with Crippen LogP contribution in [0.3, 0.4) is 0 Å².